The van der Waals surface area contributed by atoms with Crippen LogP contribution in [0.15, 0.2) is 60.7 Å². The van der Waals surface area contributed by atoms with Crippen molar-refractivity contribution in [3.63, 3.8) is 0 Å². The van der Waals surface area contributed by atoms with Crippen molar-refractivity contribution in [1.29, 1.82) is 0 Å². The molecule has 6 nitrogen and oxygen atoms in total. The minimum Gasteiger partial charge on any atom is -0.374 e. The van der Waals surface area contributed by atoms with Crippen LogP contribution in [0.3, 0.4) is 0 Å². The van der Waals surface area contributed by atoms with Gasteiger partial charge in [-0.25, -0.2) is 3.63 Å². The van der Waals surface area contributed by atoms with Crippen LogP contribution in [-0.4, -0.2) is 40.4 Å². The summed E-state index contributed by atoms with van der Waals surface area (Å²) in [6, 6.07) is 12.9. The molecule has 2 aromatic rings. The summed E-state index contributed by atoms with van der Waals surface area (Å²) in [5.41, 5.74) is -12.1. The second-order valence-electron chi connectivity index (χ2n) is 6.57. The van der Waals surface area contributed by atoms with E-state index in [2.05, 4.69) is 7.81 Å². The Bertz CT molecular complexity index is 1220. The van der Waals surface area contributed by atoms with Gasteiger partial charge in [0.1, 0.15) is 0 Å². The summed E-state index contributed by atoms with van der Waals surface area (Å²) in [7, 11) is -16.2. The molecule has 0 bridgehead atoms. The Morgan fingerprint density at radius 2 is 1.06 bits per heavy atom. The van der Waals surface area contributed by atoms with E-state index in [-0.39, 0.29) is 11.1 Å². The van der Waals surface area contributed by atoms with E-state index in [0.29, 0.717) is 0 Å². The second-order valence-corrected chi connectivity index (χ2v) is 12.9. The van der Waals surface area contributed by atoms with E-state index in [9.17, 15) is 43.2 Å². The fraction of sp³-hybridized carbons (Fsp3) is 0.222. The molecule has 0 unspecified atom stereocenters. The van der Waals surface area contributed by atoms with Crippen LogP contribution < -0.4 is 0 Å². The van der Waals surface area contributed by atoms with Gasteiger partial charge in [0.05, 0.1) is 4.91 Å². The summed E-state index contributed by atoms with van der Waals surface area (Å²) in [6.07, 6.45) is 1.79. The Kier molecular flexibility index (Phi) is 7.53. The highest BCUT2D eigenvalue weighted by atomic mass is 32.3. The number of halogens is 6. The van der Waals surface area contributed by atoms with Crippen molar-refractivity contribution < 1.29 is 51.0 Å². The van der Waals surface area contributed by atoms with Crippen molar-refractivity contribution in [1.82, 2.24) is 0 Å². The normalized spacial score (nSPS) is 15.0. The van der Waals surface area contributed by atoms with E-state index < -0.39 is 52.2 Å². The molecule has 15 heteroatoms. The van der Waals surface area contributed by atoms with Crippen molar-refractivity contribution in [2.24, 2.45) is 0 Å². The molecule has 0 aliphatic carbocycles. The molecule has 0 fully saturated rings. The fourth-order valence-corrected chi connectivity index (χ4v) is 6.72. The zero-order valence-electron chi connectivity index (χ0n) is 16.7. The van der Waals surface area contributed by atoms with Crippen LogP contribution in [0.25, 0.3) is 10.7 Å². The third-order valence-corrected chi connectivity index (χ3v) is 8.79. The topological polar surface area (TPSA) is 86.7 Å². The first kappa shape index (κ1) is 27.0. The van der Waals surface area contributed by atoms with Crippen molar-refractivity contribution in [3.8, 4) is 0 Å². The Hall–Kier alpha value is -2.23. The largest absolute Gasteiger partial charge is 0.534 e. The molecular weight excluding hydrogens is 522 g/mol. The molecule has 0 saturated carbocycles. The van der Waals surface area contributed by atoms with Gasteiger partial charge in [0.15, 0.2) is 5.76 Å². The molecule has 184 valence electrons. The number of alkyl halides is 6. The average molecular weight is 539 g/mol. The third kappa shape index (κ3) is 6.22. The van der Waals surface area contributed by atoms with E-state index in [1.165, 1.54) is 48.5 Å². The smallest absolute Gasteiger partial charge is 0.374 e. The minimum atomic E-state index is -6.30. The van der Waals surface area contributed by atoms with Gasteiger partial charge < -0.3 is 4.18 Å². The molecule has 0 radical (unpaired) electrons. The first-order valence-corrected chi connectivity index (χ1v) is 13.7. The second kappa shape index (κ2) is 9.19. The Morgan fingerprint density at radius 3 is 1.45 bits per heavy atom. The molecule has 0 atom stereocenters. The lowest BCUT2D eigenvalue weighted by Gasteiger charge is -2.34. The standard InChI is InChI=1S/C18H16F6O6S3/c1-31(2,30-33(27,28)18(22,23)24)16(14-11-7-4-8-12-14)15(13-9-5-3-6-10-13)29-32(25,26)17(19,20)21/h3-12H,1-2H3/b16-15+. The van der Waals surface area contributed by atoms with Crippen LogP contribution in [0.4, 0.5) is 26.3 Å². The van der Waals surface area contributed by atoms with Crippen LogP contribution in [0.1, 0.15) is 11.1 Å². The highest BCUT2D eigenvalue weighted by Crippen LogP contribution is 2.60. The number of benzene rings is 2. The SMILES string of the molecule is CS(C)(OS(=O)(=O)C(F)(F)F)/C(=C(/OS(=O)(=O)C(F)(F)F)c1ccccc1)c1ccccc1. The molecule has 0 amide bonds. The number of hydrogen-bond acceptors (Lipinski definition) is 6. The molecule has 0 aromatic heterocycles. The van der Waals surface area contributed by atoms with E-state index in [0.717, 1.165) is 24.6 Å². The molecule has 33 heavy (non-hydrogen) atoms. The van der Waals surface area contributed by atoms with Gasteiger partial charge in [0.25, 0.3) is 0 Å². The molecule has 0 N–H and O–H groups in total. The molecule has 2 aromatic carbocycles. The van der Waals surface area contributed by atoms with Crippen LogP contribution in [0.2, 0.25) is 0 Å². The first-order valence-electron chi connectivity index (χ1n) is 8.50. The molecule has 0 aliphatic heterocycles. The van der Waals surface area contributed by atoms with Gasteiger partial charge in [-0.15, -0.1) is 0 Å². The maximum Gasteiger partial charge on any atom is 0.534 e. The fourth-order valence-electron chi connectivity index (χ4n) is 2.49. The quantitative estimate of drug-likeness (QED) is 0.158. The predicted molar refractivity (Wildman–Crippen MR) is 111 cm³/mol. The monoisotopic (exact) mass is 538 g/mol. The summed E-state index contributed by atoms with van der Waals surface area (Å²) in [4.78, 5) is -0.616. The maximum atomic E-state index is 13.1. The summed E-state index contributed by atoms with van der Waals surface area (Å²) < 4.78 is 134. The van der Waals surface area contributed by atoms with E-state index in [1.54, 1.807) is 0 Å². The van der Waals surface area contributed by atoms with Gasteiger partial charge >= 0.3 is 31.3 Å². The lowest BCUT2D eigenvalue weighted by molar-refractivity contribution is -0.0510. The summed E-state index contributed by atoms with van der Waals surface area (Å²) in [5, 5.41) is 0. The average Bonchev–Trinajstić information content (AvgIpc) is 2.66. The van der Waals surface area contributed by atoms with Gasteiger partial charge in [0.2, 0.25) is 0 Å². The van der Waals surface area contributed by atoms with Crippen molar-refractivity contribution in [2.75, 3.05) is 12.5 Å². The molecule has 2 rings (SSSR count). The minimum absolute atomic E-state index is 0.119. The molecule has 0 saturated heterocycles. The summed E-state index contributed by atoms with van der Waals surface area (Å²) >= 11 is 0. The van der Waals surface area contributed by atoms with Crippen LogP contribution >= 0.6 is 10.3 Å². The van der Waals surface area contributed by atoms with Gasteiger partial charge in [0, 0.05) is 5.56 Å². The molecule has 0 heterocycles. The van der Waals surface area contributed by atoms with Crippen LogP contribution in [0.5, 0.6) is 0 Å². The van der Waals surface area contributed by atoms with E-state index in [4.69, 9.17) is 0 Å². The molecule has 0 spiro atoms. The third-order valence-electron chi connectivity index (χ3n) is 3.79. The van der Waals surface area contributed by atoms with Crippen LogP contribution in [-0.2, 0) is 28.0 Å². The van der Waals surface area contributed by atoms with Crippen molar-refractivity contribution in [2.45, 2.75) is 11.0 Å². The first-order chi connectivity index (χ1) is 14.9. The molecule has 0 aliphatic rings. The predicted octanol–water partition coefficient (Wildman–Crippen LogP) is 5.22. The van der Waals surface area contributed by atoms with Gasteiger partial charge in [-0.2, -0.15) is 43.2 Å². The molecular formula is C18H16F6O6S3. The highest BCUT2D eigenvalue weighted by molar-refractivity contribution is 8.39. The number of hydrogen-bond donors (Lipinski definition) is 0. The van der Waals surface area contributed by atoms with Gasteiger partial charge in [-0.1, -0.05) is 71.0 Å². The van der Waals surface area contributed by atoms with Crippen molar-refractivity contribution >= 4 is 41.2 Å². The lowest BCUT2D eigenvalue weighted by atomic mass is 10.1. The Labute approximate surface area is 187 Å². The number of rotatable bonds is 7. The van der Waals surface area contributed by atoms with E-state index >= 15 is 0 Å². The lowest BCUT2D eigenvalue weighted by Crippen LogP contribution is -2.28. The van der Waals surface area contributed by atoms with Gasteiger partial charge in [-0.3, -0.25) is 0 Å². The highest BCUT2D eigenvalue weighted by Gasteiger charge is 2.52. The summed E-state index contributed by atoms with van der Waals surface area (Å²) in [6.45, 7) is 0. The van der Waals surface area contributed by atoms with Crippen LogP contribution in [0, 0.1) is 0 Å². The zero-order chi connectivity index (χ0) is 25.3. The van der Waals surface area contributed by atoms with E-state index in [1.807, 2.05) is 0 Å². The van der Waals surface area contributed by atoms with Gasteiger partial charge in [-0.05, 0) is 18.1 Å². The zero-order valence-corrected chi connectivity index (χ0v) is 19.2. The Morgan fingerprint density at radius 1 is 0.667 bits per heavy atom. The Balaban J connectivity index is 2.93. The van der Waals surface area contributed by atoms with Crippen molar-refractivity contribution in [3.05, 3.63) is 71.8 Å². The summed E-state index contributed by atoms with van der Waals surface area (Å²) in [5.74, 6) is -1.03. The maximum absolute atomic E-state index is 13.1.